The molecule has 0 aliphatic carbocycles. The van der Waals surface area contributed by atoms with Crippen LogP contribution in [0.2, 0.25) is 0 Å². The monoisotopic (exact) mass is 251 g/mol. The van der Waals surface area contributed by atoms with E-state index in [1.807, 2.05) is 19.1 Å². The summed E-state index contributed by atoms with van der Waals surface area (Å²) in [5.74, 6) is 0.969. The third-order valence-corrected chi connectivity index (χ3v) is 2.97. The van der Waals surface area contributed by atoms with Gasteiger partial charge in [0.1, 0.15) is 5.75 Å². The van der Waals surface area contributed by atoms with Gasteiger partial charge in [0.2, 0.25) is 0 Å². The fraction of sp³-hybridized carbons (Fsp3) is 0.600. The van der Waals surface area contributed by atoms with Gasteiger partial charge in [-0.15, -0.1) is 0 Å². The number of methoxy groups -OCH3 is 1. The highest BCUT2D eigenvalue weighted by molar-refractivity contribution is 5.33. The van der Waals surface area contributed by atoms with Crippen molar-refractivity contribution in [2.75, 3.05) is 26.9 Å². The van der Waals surface area contributed by atoms with Gasteiger partial charge < -0.3 is 14.8 Å². The summed E-state index contributed by atoms with van der Waals surface area (Å²) in [5, 5.41) is 3.51. The van der Waals surface area contributed by atoms with E-state index < -0.39 is 0 Å². The minimum absolute atomic E-state index is 0.442. The molecule has 102 valence electrons. The Balaban J connectivity index is 2.58. The molecular weight excluding hydrogens is 226 g/mol. The maximum atomic E-state index is 5.43. The molecule has 0 heterocycles. The van der Waals surface area contributed by atoms with Crippen molar-refractivity contribution in [1.82, 2.24) is 5.32 Å². The lowest BCUT2D eigenvalue weighted by molar-refractivity contribution is 0.136. The predicted octanol–water partition coefficient (Wildman–Crippen LogP) is 2.64. The maximum Gasteiger partial charge on any atom is 0.122 e. The second-order valence-corrected chi connectivity index (χ2v) is 4.26. The van der Waals surface area contributed by atoms with E-state index in [0.29, 0.717) is 6.04 Å². The van der Waals surface area contributed by atoms with Crippen molar-refractivity contribution in [3.8, 4) is 5.75 Å². The molecule has 0 saturated heterocycles. The molecule has 1 N–H and O–H groups in total. The van der Waals surface area contributed by atoms with E-state index in [1.54, 1.807) is 7.11 Å². The highest BCUT2D eigenvalue weighted by atomic mass is 16.5. The first-order valence-corrected chi connectivity index (χ1v) is 6.74. The first-order chi connectivity index (χ1) is 8.81. The van der Waals surface area contributed by atoms with Crippen molar-refractivity contribution in [1.29, 1.82) is 0 Å². The third kappa shape index (κ3) is 5.07. The van der Waals surface area contributed by atoms with Gasteiger partial charge in [0.25, 0.3) is 0 Å². The number of hydrogen-bond donors (Lipinski definition) is 1. The van der Waals surface area contributed by atoms with Gasteiger partial charge in [-0.1, -0.05) is 25.1 Å². The minimum atomic E-state index is 0.442. The van der Waals surface area contributed by atoms with Crippen LogP contribution in [0.3, 0.4) is 0 Å². The average Bonchev–Trinajstić information content (AvgIpc) is 2.40. The average molecular weight is 251 g/mol. The lowest BCUT2D eigenvalue weighted by Crippen LogP contribution is -2.32. The van der Waals surface area contributed by atoms with Gasteiger partial charge in [0, 0.05) is 19.3 Å². The van der Waals surface area contributed by atoms with Crippen LogP contribution in [0.15, 0.2) is 24.3 Å². The van der Waals surface area contributed by atoms with Gasteiger partial charge >= 0.3 is 0 Å². The summed E-state index contributed by atoms with van der Waals surface area (Å²) in [4.78, 5) is 0. The van der Waals surface area contributed by atoms with Gasteiger partial charge in [-0.3, -0.25) is 0 Å². The van der Waals surface area contributed by atoms with E-state index in [9.17, 15) is 0 Å². The molecule has 3 nitrogen and oxygen atoms in total. The van der Waals surface area contributed by atoms with Gasteiger partial charge in [-0.2, -0.15) is 0 Å². The minimum Gasteiger partial charge on any atom is -0.496 e. The number of nitrogens with one attached hydrogen (secondary N) is 1. The van der Waals surface area contributed by atoms with Crippen molar-refractivity contribution in [3.63, 3.8) is 0 Å². The van der Waals surface area contributed by atoms with Crippen molar-refractivity contribution in [2.45, 2.75) is 32.7 Å². The fourth-order valence-corrected chi connectivity index (χ4v) is 2.07. The number of likely N-dealkylation sites (N-methyl/N-ethyl adjacent to an activating group) is 1. The van der Waals surface area contributed by atoms with Crippen molar-refractivity contribution in [3.05, 3.63) is 29.8 Å². The standard InChI is InChI=1S/C15H25NO2/c1-4-16-14(10-11-18-5-2)12-13-8-6-7-9-15(13)17-3/h6-9,14,16H,4-5,10-12H2,1-3H3. The fourth-order valence-electron chi connectivity index (χ4n) is 2.07. The summed E-state index contributed by atoms with van der Waals surface area (Å²) in [7, 11) is 1.72. The van der Waals surface area contributed by atoms with E-state index in [1.165, 1.54) is 5.56 Å². The second kappa shape index (κ2) is 8.95. The van der Waals surface area contributed by atoms with Crippen molar-refractivity contribution in [2.24, 2.45) is 0 Å². The lowest BCUT2D eigenvalue weighted by atomic mass is 10.0. The summed E-state index contributed by atoms with van der Waals surface area (Å²) in [6, 6.07) is 8.65. The van der Waals surface area contributed by atoms with Crippen LogP contribution in [-0.2, 0) is 11.2 Å². The second-order valence-electron chi connectivity index (χ2n) is 4.26. The van der Waals surface area contributed by atoms with E-state index >= 15 is 0 Å². The van der Waals surface area contributed by atoms with Crippen molar-refractivity contribution < 1.29 is 9.47 Å². The maximum absolute atomic E-state index is 5.43. The first-order valence-electron chi connectivity index (χ1n) is 6.74. The molecule has 0 aliphatic rings. The Labute approximate surface area is 110 Å². The Bertz CT molecular complexity index is 328. The normalized spacial score (nSPS) is 12.4. The molecular formula is C15H25NO2. The number of ether oxygens (including phenoxy) is 2. The molecule has 0 saturated carbocycles. The van der Waals surface area contributed by atoms with E-state index in [-0.39, 0.29) is 0 Å². The Morgan fingerprint density at radius 3 is 2.67 bits per heavy atom. The highest BCUT2D eigenvalue weighted by Crippen LogP contribution is 2.19. The Morgan fingerprint density at radius 2 is 2.00 bits per heavy atom. The van der Waals surface area contributed by atoms with Crippen LogP contribution in [0.1, 0.15) is 25.8 Å². The van der Waals surface area contributed by atoms with Gasteiger partial charge in [0.05, 0.1) is 7.11 Å². The molecule has 0 fully saturated rings. The quantitative estimate of drug-likeness (QED) is 0.684. The summed E-state index contributed by atoms with van der Waals surface area (Å²) in [6.45, 7) is 6.74. The summed E-state index contributed by atoms with van der Waals surface area (Å²) >= 11 is 0. The number of para-hydroxylation sites is 1. The van der Waals surface area contributed by atoms with Crippen LogP contribution in [0.5, 0.6) is 5.75 Å². The molecule has 1 unspecified atom stereocenters. The van der Waals surface area contributed by atoms with Crippen LogP contribution < -0.4 is 10.1 Å². The van der Waals surface area contributed by atoms with Gasteiger partial charge in [-0.05, 0) is 37.9 Å². The molecule has 1 aromatic carbocycles. The summed E-state index contributed by atoms with van der Waals surface area (Å²) in [6.07, 6.45) is 2.00. The van der Waals surface area contributed by atoms with E-state index in [0.717, 1.165) is 38.3 Å². The summed E-state index contributed by atoms with van der Waals surface area (Å²) in [5.41, 5.74) is 1.25. The molecule has 0 bridgehead atoms. The molecule has 0 aliphatic heterocycles. The Hall–Kier alpha value is -1.06. The topological polar surface area (TPSA) is 30.5 Å². The van der Waals surface area contributed by atoms with E-state index in [4.69, 9.17) is 9.47 Å². The molecule has 1 atom stereocenters. The molecule has 1 rings (SSSR count). The smallest absolute Gasteiger partial charge is 0.122 e. The zero-order valence-electron chi connectivity index (χ0n) is 11.7. The Kier molecular flexibility index (Phi) is 7.46. The van der Waals surface area contributed by atoms with Crippen LogP contribution >= 0.6 is 0 Å². The largest absolute Gasteiger partial charge is 0.496 e. The molecule has 0 radical (unpaired) electrons. The number of hydrogen-bond acceptors (Lipinski definition) is 3. The van der Waals surface area contributed by atoms with Crippen LogP contribution in [0.4, 0.5) is 0 Å². The molecule has 0 aromatic heterocycles. The molecule has 18 heavy (non-hydrogen) atoms. The highest BCUT2D eigenvalue weighted by Gasteiger charge is 2.11. The van der Waals surface area contributed by atoms with Crippen LogP contribution in [0, 0.1) is 0 Å². The molecule has 1 aromatic rings. The zero-order chi connectivity index (χ0) is 13.2. The number of rotatable bonds is 9. The third-order valence-electron chi connectivity index (χ3n) is 2.97. The van der Waals surface area contributed by atoms with E-state index in [2.05, 4.69) is 24.4 Å². The van der Waals surface area contributed by atoms with Gasteiger partial charge in [-0.25, -0.2) is 0 Å². The Morgan fingerprint density at radius 1 is 1.22 bits per heavy atom. The summed E-state index contributed by atoms with van der Waals surface area (Å²) < 4.78 is 10.8. The predicted molar refractivity (Wildman–Crippen MR) is 75.3 cm³/mol. The van der Waals surface area contributed by atoms with Crippen LogP contribution in [0.25, 0.3) is 0 Å². The lowest BCUT2D eigenvalue weighted by Gasteiger charge is -2.19. The molecule has 3 heteroatoms. The van der Waals surface area contributed by atoms with Crippen LogP contribution in [-0.4, -0.2) is 32.9 Å². The molecule has 0 spiro atoms. The first kappa shape index (κ1) is 15.0. The zero-order valence-corrected chi connectivity index (χ0v) is 11.7. The van der Waals surface area contributed by atoms with Gasteiger partial charge in [0.15, 0.2) is 0 Å². The van der Waals surface area contributed by atoms with Crippen molar-refractivity contribution >= 4 is 0 Å². The molecule has 0 amide bonds. The number of benzene rings is 1. The SMILES string of the molecule is CCNC(CCOCC)Cc1ccccc1OC.